The second-order valence-electron chi connectivity index (χ2n) is 3.99. The minimum Gasteiger partial charge on any atom is -0.372 e. The molecule has 19 heavy (non-hydrogen) atoms. The second-order valence-corrected chi connectivity index (χ2v) is 4.97. The maximum atomic E-state index is 12.1. The van der Waals surface area contributed by atoms with Crippen molar-refractivity contribution in [1.82, 2.24) is 15.3 Å². The van der Waals surface area contributed by atoms with Crippen LogP contribution in [-0.2, 0) is 0 Å². The van der Waals surface area contributed by atoms with Gasteiger partial charge in [0.1, 0.15) is 11.5 Å². The van der Waals surface area contributed by atoms with Crippen LogP contribution in [0.1, 0.15) is 34.8 Å². The van der Waals surface area contributed by atoms with Gasteiger partial charge in [0.05, 0.1) is 18.4 Å². The predicted octanol–water partition coefficient (Wildman–Crippen LogP) is 2.46. The van der Waals surface area contributed by atoms with Crippen LogP contribution in [0.25, 0.3) is 0 Å². The number of thiophene rings is 1. The highest BCUT2D eigenvalue weighted by Gasteiger charge is 2.15. The molecule has 100 valence electrons. The Morgan fingerprint density at radius 2 is 2.26 bits per heavy atom. The van der Waals surface area contributed by atoms with Crippen molar-refractivity contribution in [3.63, 3.8) is 0 Å². The smallest absolute Gasteiger partial charge is 0.271 e. The van der Waals surface area contributed by atoms with Crippen molar-refractivity contribution in [2.24, 2.45) is 0 Å². The van der Waals surface area contributed by atoms with E-state index in [1.54, 1.807) is 24.6 Å². The van der Waals surface area contributed by atoms with Crippen molar-refractivity contribution >= 4 is 23.1 Å². The largest absolute Gasteiger partial charge is 0.372 e. The van der Waals surface area contributed by atoms with Gasteiger partial charge in [-0.05, 0) is 17.9 Å². The van der Waals surface area contributed by atoms with E-state index >= 15 is 0 Å². The lowest BCUT2D eigenvalue weighted by Gasteiger charge is -2.15. The molecule has 2 heterocycles. The number of aromatic nitrogens is 2. The lowest BCUT2D eigenvalue weighted by atomic mass is 10.2. The molecule has 0 saturated carbocycles. The lowest BCUT2D eigenvalue weighted by molar-refractivity contribution is 0.0931. The Morgan fingerprint density at radius 3 is 2.79 bits per heavy atom. The number of nitrogens with one attached hydrogen (secondary N) is 2. The third-order valence-electron chi connectivity index (χ3n) is 2.74. The minimum absolute atomic E-state index is 0.0262. The summed E-state index contributed by atoms with van der Waals surface area (Å²) in [6, 6.07) is 4.03. The van der Waals surface area contributed by atoms with E-state index in [1.807, 2.05) is 24.4 Å². The molecule has 2 rings (SSSR count). The van der Waals surface area contributed by atoms with Gasteiger partial charge in [0.25, 0.3) is 5.91 Å². The van der Waals surface area contributed by atoms with Crippen LogP contribution in [-0.4, -0.2) is 22.9 Å². The van der Waals surface area contributed by atoms with Crippen molar-refractivity contribution in [3.05, 3.63) is 40.5 Å². The fourth-order valence-corrected chi connectivity index (χ4v) is 2.53. The number of anilines is 1. The fraction of sp³-hybridized carbons (Fsp3) is 0.308. The summed E-state index contributed by atoms with van der Waals surface area (Å²) in [7, 11) is 1.76. The van der Waals surface area contributed by atoms with E-state index < -0.39 is 0 Å². The van der Waals surface area contributed by atoms with E-state index in [0.717, 1.165) is 11.3 Å². The van der Waals surface area contributed by atoms with Crippen LogP contribution in [0.5, 0.6) is 0 Å². The fourth-order valence-electron chi connectivity index (χ4n) is 1.67. The minimum atomic E-state index is -0.199. The van der Waals surface area contributed by atoms with Crippen molar-refractivity contribution in [2.75, 3.05) is 12.4 Å². The van der Waals surface area contributed by atoms with E-state index in [-0.39, 0.29) is 11.9 Å². The molecule has 1 amide bonds. The third-order valence-corrected chi connectivity index (χ3v) is 3.73. The van der Waals surface area contributed by atoms with E-state index in [0.29, 0.717) is 11.5 Å². The first-order valence-corrected chi connectivity index (χ1v) is 6.96. The average molecular weight is 276 g/mol. The van der Waals surface area contributed by atoms with Crippen molar-refractivity contribution in [1.29, 1.82) is 0 Å². The Bertz CT molecular complexity index is 524. The molecule has 0 aliphatic carbocycles. The standard InChI is InChI=1S/C13H16N4OS/c1-3-9(11-5-4-6-19-11)17-13(18)10-7-16-12(14-2)8-15-10/h4-9H,3H2,1-2H3,(H,14,16)(H,17,18). The van der Waals surface area contributed by atoms with Crippen molar-refractivity contribution in [2.45, 2.75) is 19.4 Å². The Balaban J connectivity index is 2.06. The van der Waals surface area contributed by atoms with Crippen LogP contribution in [0.15, 0.2) is 29.9 Å². The van der Waals surface area contributed by atoms with E-state index in [4.69, 9.17) is 0 Å². The zero-order valence-corrected chi connectivity index (χ0v) is 11.7. The molecule has 0 spiro atoms. The van der Waals surface area contributed by atoms with Gasteiger partial charge < -0.3 is 10.6 Å². The Kier molecular flexibility index (Phi) is 4.46. The summed E-state index contributed by atoms with van der Waals surface area (Å²) < 4.78 is 0. The highest BCUT2D eigenvalue weighted by atomic mass is 32.1. The maximum absolute atomic E-state index is 12.1. The van der Waals surface area contributed by atoms with Crippen LogP contribution in [0.2, 0.25) is 0 Å². The second kappa shape index (κ2) is 6.29. The molecule has 2 aromatic heterocycles. The highest BCUT2D eigenvalue weighted by molar-refractivity contribution is 7.10. The van der Waals surface area contributed by atoms with Gasteiger partial charge in [-0.3, -0.25) is 4.79 Å². The summed E-state index contributed by atoms with van der Waals surface area (Å²) >= 11 is 1.64. The summed E-state index contributed by atoms with van der Waals surface area (Å²) in [5, 5.41) is 7.84. The summed E-state index contributed by atoms with van der Waals surface area (Å²) in [4.78, 5) is 21.4. The molecule has 2 N–H and O–H groups in total. The molecular weight excluding hydrogens is 260 g/mol. The first kappa shape index (κ1) is 13.5. The summed E-state index contributed by atoms with van der Waals surface area (Å²) in [5.74, 6) is 0.442. The van der Waals surface area contributed by atoms with Gasteiger partial charge in [0, 0.05) is 11.9 Å². The SMILES string of the molecule is CCC(NC(=O)c1cnc(NC)cn1)c1cccs1. The van der Waals surface area contributed by atoms with Gasteiger partial charge in [0.15, 0.2) is 0 Å². The van der Waals surface area contributed by atoms with Gasteiger partial charge in [-0.1, -0.05) is 13.0 Å². The number of nitrogens with zero attached hydrogens (tertiary/aromatic N) is 2. The number of amides is 1. The summed E-state index contributed by atoms with van der Waals surface area (Å²) in [6.45, 7) is 2.04. The van der Waals surface area contributed by atoms with Gasteiger partial charge in [0.2, 0.25) is 0 Å². The molecule has 0 aliphatic rings. The van der Waals surface area contributed by atoms with Crippen LogP contribution in [0.4, 0.5) is 5.82 Å². The molecule has 0 fully saturated rings. The number of hydrogen-bond acceptors (Lipinski definition) is 5. The Hall–Kier alpha value is -1.95. The van der Waals surface area contributed by atoms with Crippen molar-refractivity contribution < 1.29 is 4.79 Å². The van der Waals surface area contributed by atoms with E-state index in [2.05, 4.69) is 20.6 Å². The number of carbonyl (C=O) groups excluding carboxylic acids is 1. The van der Waals surface area contributed by atoms with Crippen molar-refractivity contribution in [3.8, 4) is 0 Å². The molecule has 0 aliphatic heterocycles. The Labute approximate surface area is 116 Å². The van der Waals surface area contributed by atoms with Crippen LogP contribution >= 0.6 is 11.3 Å². The van der Waals surface area contributed by atoms with Crippen LogP contribution < -0.4 is 10.6 Å². The van der Waals surface area contributed by atoms with E-state index in [1.165, 1.54) is 6.20 Å². The average Bonchev–Trinajstić information content (AvgIpc) is 2.98. The molecule has 0 saturated heterocycles. The first-order valence-electron chi connectivity index (χ1n) is 6.08. The highest BCUT2D eigenvalue weighted by Crippen LogP contribution is 2.21. The van der Waals surface area contributed by atoms with Crippen LogP contribution in [0, 0.1) is 0 Å². The number of carbonyl (C=O) groups is 1. The molecule has 0 bridgehead atoms. The lowest BCUT2D eigenvalue weighted by Crippen LogP contribution is -2.28. The summed E-state index contributed by atoms with van der Waals surface area (Å²) in [6.07, 6.45) is 3.86. The zero-order chi connectivity index (χ0) is 13.7. The van der Waals surface area contributed by atoms with E-state index in [9.17, 15) is 4.79 Å². The topological polar surface area (TPSA) is 66.9 Å². The number of rotatable bonds is 5. The molecule has 5 nitrogen and oxygen atoms in total. The quantitative estimate of drug-likeness (QED) is 0.880. The predicted molar refractivity (Wildman–Crippen MR) is 76.4 cm³/mol. The Morgan fingerprint density at radius 1 is 1.42 bits per heavy atom. The molecule has 6 heteroatoms. The van der Waals surface area contributed by atoms with Gasteiger partial charge in [-0.25, -0.2) is 9.97 Å². The normalized spacial score (nSPS) is 11.9. The molecule has 1 atom stereocenters. The van der Waals surface area contributed by atoms with Gasteiger partial charge in [-0.2, -0.15) is 0 Å². The molecule has 2 aromatic rings. The zero-order valence-electron chi connectivity index (χ0n) is 10.9. The molecule has 1 unspecified atom stereocenters. The summed E-state index contributed by atoms with van der Waals surface area (Å²) in [5.41, 5.74) is 0.328. The van der Waals surface area contributed by atoms with Gasteiger partial charge >= 0.3 is 0 Å². The maximum Gasteiger partial charge on any atom is 0.271 e. The third kappa shape index (κ3) is 3.29. The monoisotopic (exact) mass is 276 g/mol. The molecule has 0 radical (unpaired) electrons. The molecule has 0 aromatic carbocycles. The van der Waals surface area contributed by atoms with Gasteiger partial charge in [-0.15, -0.1) is 11.3 Å². The molecular formula is C13H16N4OS. The van der Waals surface area contributed by atoms with Crippen LogP contribution in [0.3, 0.4) is 0 Å². The first-order chi connectivity index (χ1) is 9.24. The number of hydrogen-bond donors (Lipinski definition) is 2.